The number of hydrogen-bond acceptors (Lipinski definition) is 5. The van der Waals surface area contributed by atoms with Gasteiger partial charge in [-0.05, 0) is 20.8 Å². The maximum Gasteiger partial charge on any atom is 0.407 e. The van der Waals surface area contributed by atoms with Crippen LogP contribution in [0.1, 0.15) is 27.7 Å². The highest BCUT2D eigenvalue weighted by molar-refractivity contribution is 5.73. The molecule has 1 rings (SSSR count). The average molecular weight is 315 g/mol. The summed E-state index contributed by atoms with van der Waals surface area (Å²) >= 11 is 0. The van der Waals surface area contributed by atoms with Gasteiger partial charge in [0.25, 0.3) is 0 Å². The molecule has 0 aromatic rings. The number of morpholine rings is 1. The fraction of sp³-hybridized carbons (Fsp3) is 0.867. The van der Waals surface area contributed by atoms with E-state index in [1.165, 1.54) is 0 Å². The minimum Gasteiger partial charge on any atom is -0.444 e. The molecule has 0 unspecified atom stereocenters. The quantitative estimate of drug-likeness (QED) is 0.781. The predicted molar refractivity (Wildman–Crippen MR) is 83.7 cm³/mol. The first kappa shape index (κ1) is 18.7. The monoisotopic (exact) mass is 315 g/mol. The van der Waals surface area contributed by atoms with Crippen LogP contribution in [-0.4, -0.2) is 79.9 Å². The van der Waals surface area contributed by atoms with Crippen molar-refractivity contribution in [3.63, 3.8) is 0 Å². The van der Waals surface area contributed by atoms with Crippen LogP contribution in [0.5, 0.6) is 0 Å². The molecule has 0 bridgehead atoms. The van der Waals surface area contributed by atoms with Crippen LogP contribution in [0, 0.1) is 0 Å². The van der Waals surface area contributed by atoms with Crippen LogP contribution < -0.4 is 5.32 Å². The summed E-state index contributed by atoms with van der Waals surface area (Å²) in [6.07, 6.45) is -0.454. The summed E-state index contributed by atoms with van der Waals surface area (Å²) in [5.41, 5.74) is -0.513. The number of nitrogens with one attached hydrogen (secondary N) is 1. The molecule has 0 aromatic heterocycles. The number of rotatable bonds is 6. The zero-order chi connectivity index (χ0) is 16.6. The Hall–Kier alpha value is -1.34. The van der Waals surface area contributed by atoms with E-state index in [1.807, 2.05) is 20.8 Å². The summed E-state index contributed by atoms with van der Waals surface area (Å²) < 4.78 is 10.5. The van der Waals surface area contributed by atoms with Crippen LogP contribution in [0.2, 0.25) is 0 Å². The van der Waals surface area contributed by atoms with Crippen molar-refractivity contribution in [2.75, 3.05) is 52.5 Å². The SMILES string of the molecule is CC(=O)N(CCNC(=O)OC(C)(C)C)CCN1CCOCC1. The second-order valence-corrected chi connectivity index (χ2v) is 6.39. The third-order valence-electron chi connectivity index (χ3n) is 3.29. The van der Waals surface area contributed by atoms with Crippen LogP contribution >= 0.6 is 0 Å². The van der Waals surface area contributed by atoms with E-state index >= 15 is 0 Å². The lowest BCUT2D eigenvalue weighted by molar-refractivity contribution is -0.129. The number of carbonyl (C=O) groups is 2. The molecule has 7 nitrogen and oxygen atoms in total. The molecule has 0 radical (unpaired) electrons. The maximum atomic E-state index is 11.7. The number of nitrogens with zero attached hydrogens (tertiary/aromatic N) is 2. The highest BCUT2D eigenvalue weighted by Gasteiger charge is 2.17. The fourth-order valence-electron chi connectivity index (χ4n) is 2.12. The predicted octanol–water partition coefficient (Wildman–Crippen LogP) is 0.692. The number of amides is 2. The largest absolute Gasteiger partial charge is 0.444 e. The lowest BCUT2D eigenvalue weighted by Crippen LogP contribution is -2.45. The zero-order valence-electron chi connectivity index (χ0n) is 14.2. The molecule has 128 valence electrons. The topological polar surface area (TPSA) is 71.1 Å². The lowest BCUT2D eigenvalue weighted by Gasteiger charge is -2.29. The van der Waals surface area contributed by atoms with Gasteiger partial charge in [0.2, 0.25) is 5.91 Å². The molecular formula is C15H29N3O4. The molecule has 0 atom stereocenters. The third-order valence-corrected chi connectivity index (χ3v) is 3.29. The van der Waals surface area contributed by atoms with E-state index in [1.54, 1.807) is 11.8 Å². The lowest BCUT2D eigenvalue weighted by atomic mass is 10.2. The van der Waals surface area contributed by atoms with Gasteiger partial charge in [0.15, 0.2) is 0 Å². The molecule has 0 spiro atoms. The van der Waals surface area contributed by atoms with Gasteiger partial charge in [0.05, 0.1) is 13.2 Å². The van der Waals surface area contributed by atoms with Crippen LogP contribution in [0.25, 0.3) is 0 Å². The van der Waals surface area contributed by atoms with E-state index in [2.05, 4.69) is 10.2 Å². The van der Waals surface area contributed by atoms with Gasteiger partial charge in [-0.15, -0.1) is 0 Å². The van der Waals surface area contributed by atoms with E-state index in [0.29, 0.717) is 19.6 Å². The second kappa shape index (κ2) is 8.95. The number of alkyl carbamates (subject to hydrolysis) is 1. The summed E-state index contributed by atoms with van der Waals surface area (Å²) in [5.74, 6) is 0.0132. The first-order chi connectivity index (χ1) is 10.3. The average Bonchev–Trinajstić information content (AvgIpc) is 2.41. The van der Waals surface area contributed by atoms with E-state index < -0.39 is 11.7 Å². The van der Waals surface area contributed by atoms with Crippen molar-refractivity contribution in [1.29, 1.82) is 0 Å². The van der Waals surface area contributed by atoms with Gasteiger partial charge in [-0.2, -0.15) is 0 Å². The Kier molecular flexibility index (Phi) is 7.61. The Labute approximate surface area is 132 Å². The Bertz CT molecular complexity index is 362. The molecule has 1 aliphatic rings. The Morgan fingerprint density at radius 1 is 1.23 bits per heavy atom. The van der Waals surface area contributed by atoms with Gasteiger partial charge in [-0.3, -0.25) is 9.69 Å². The normalized spacial score (nSPS) is 16.2. The minimum atomic E-state index is -0.513. The number of hydrogen-bond donors (Lipinski definition) is 1. The first-order valence-corrected chi connectivity index (χ1v) is 7.80. The summed E-state index contributed by atoms with van der Waals surface area (Å²) in [6.45, 7) is 12.7. The molecule has 0 aliphatic carbocycles. The van der Waals surface area contributed by atoms with E-state index in [-0.39, 0.29) is 5.91 Å². The van der Waals surface area contributed by atoms with Crippen molar-refractivity contribution < 1.29 is 19.1 Å². The Morgan fingerprint density at radius 3 is 2.41 bits per heavy atom. The smallest absolute Gasteiger partial charge is 0.407 e. The van der Waals surface area contributed by atoms with Gasteiger partial charge in [-0.1, -0.05) is 0 Å². The summed E-state index contributed by atoms with van der Waals surface area (Å²) in [5, 5.41) is 2.67. The van der Waals surface area contributed by atoms with Crippen LogP contribution in [0.15, 0.2) is 0 Å². The second-order valence-electron chi connectivity index (χ2n) is 6.39. The minimum absolute atomic E-state index is 0.0132. The van der Waals surface area contributed by atoms with Gasteiger partial charge >= 0.3 is 6.09 Å². The van der Waals surface area contributed by atoms with Crippen molar-refractivity contribution in [2.45, 2.75) is 33.3 Å². The summed E-state index contributed by atoms with van der Waals surface area (Å²) in [6, 6.07) is 0. The molecular weight excluding hydrogens is 286 g/mol. The maximum absolute atomic E-state index is 11.7. The highest BCUT2D eigenvalue weighted by Crippen LogP contribution is 2.06. The number of ether oxygens (including phenoxy) is 2. The third kappa shape index (κ3) is 8.19. The van der Waals surface area contributed by atoms with Gasteiger partial charge < -0.3 is 19.7 Å². The molecule has 1 N–H and O–H groups in total. The molecule has 7 heteroatoms. The van der Waals surface area contributed by atoms with Crippen LogP contribution in [0.3, 0.4) is 0 Å². The van der Waals surface area contributed by atoms with E-state index in [0.717, 1.165) is 32.8 Å². The summed E-state index contributed by atoms with van der Waals surface area (Å²) in [7, 11) is 0. The molecule has 0 saturated carbocycles. The molecule has 1 aliphatic heterocycles. The highest BCUT2D eigenvalue weighted by atomic mass is 16.6. The molecule has 1 fully saturated rings. The molecule has 1 heterocycles. The Morgan fingerprint density at radius 2 is 1.86 bits per heavy atom. The fourth-order valence-corrected chi connectivity index (χ4v) is 2.12. The molecule has 1 saturated heterocycles. The first-order valence-electron chi connectivity index (χ1n) is 7.80. The van der Waals surface area contributed by atoms with E-state index in [9.17, 15) is 9.59 Å². The van der Waals surface area contributed by atoms with Crippen molar-refractivity contribution in [2.24, 2.45) is 0 Å². The van der Waals surface area contributed by atoms with Crippen molar-refractivity contribution in [3.05, 3.63) is 0 Å². The van der Waals surface area contributed by atoms with Crippen LogP contribution in [-0.2, 0) is 14.3 Å². The zero-order valence-corrected chi connectivity index (χ0v) is 14.2. The van der Waals surface area contributed by atoms with Crippen molar-refractivity contribution in [3.8, 4) is 0 Å². The van der Waals surface area contributed by atoms with E-state index in [4.69, 9.17) is 9.47 Å². The van der Waals surface area contributed by atoms with Gasteiger partial charge in [0, 0.05) is 46.2 Å². The molecule has 2 amide bonds. The molecule has 22 heavy (non-hydrogen) atoms. The van der Waals surface area contributed by atoms with Crippen molar-refractivity contribution in [1.82, 2.24) is 15.1 Å². The van der Waals surface area contributed by atoms with Crippen LogP contribution in [0.4, 0.5) is 4.79 Å². The van der Waals surface area contributed by atoms with Crippen molar-refractivity contribution >= 4 is 12.0 Å². The number of carbonyl (C=O) groups excluding carboxylic acids is 2. The van der Waals surface area contributed by atoms with Gasteiger partial charge in [-0.25, -0.2) is 4.79 Å². The van der Waals surface area contributed by atoms with Gasteiger partial charge in [0.1, 0.15) is 5.60 Å². The standard InChI is InChI=1S/C15H29N3O4/c1-13(19)18(8-7-17-9-11-21-12-10-17)6-5-16-14(20)22-15(2,3)4/h5-12H2,1-4H3,(H,16,20). The molecule has 0 aromatic carbocycles. The summed E-state index contributed by atoms with van der Waals surface area (Å²) in [4.78, 5) is 27.2. The Balaban J connectivity index is 2.26.